The van der Waals surface area contributed by atoms with E-state index in [0.29, 0.717) is 13.0 Å². The number of nitrogens with two attached hydrogens (primary N) is 1. The molecule has 108 valence electrons. The Labute approximate surface area is 130 Å². The molecular weight excluding hydrogens is 328 g/mol. The molecule has 1 unspecified atom stereocenters. The molecule has 0 fully saturated rings. The van der Waals surface area contributed by atoms with Crippen molar-refractivity contribution in [3.8, 4) is 0 Å². The van der Waals surface area contributed by atoms with E-state index >= 15 is 0 Å². The summed E-state index contributed by atoms with van der Waals surface area (Å²) in [4.78, 5) is 13.9. The summed E-state index contributed by atoms with van der Waals surface area (Å²) in [5.74, 6) is -0.00988. The van der Waals surface area contributed by atoms with E-state index in [-0.39, 0.29) is 18.3 Å². The van der Waals surface area contributed by atoms with Crippen LogP contribution in [0.2, 0.25) is 0 Å². The van der Waals surface area contributed by atoms with Gasteiger partial charge in [0.15, 0.2) is 0 Å². The highest BCUT2D eigenvalue weighted by atomic mass is 79.9. The number of benzene rings is 1. The van der Waals surface area contributed by atoms with Crippen molar-refractivity contribution < 1.29 is 4.79 Å². The third kappa shape index (κ3) is 5.51. The van der Waals surface area contributed by atoms with Crippen molar-refractivity contribution in [2.75, 3.05) is 7.05 Å². The second kappa shape index (κ2) is 7.88. The largest absolute Gasteiger partial charge is 0.340 e. The fraction of sp³-hybridized carbons (Fsp3) is 0.500. The Hall–Kier alpha value is -0.580. The van der Waals surface area contributed by atoms with Crippen molar-refractivity contribution in [3.63, 3.8) is 0 Å². The van der Waals surface area contributed by atoms with Crippen LogP contribution in [-0.4, -0.2) is 23.4 Å². The summed E-state index contributed by atoms with van der Waals surface area (Å²) in [7, 11) is 1.80. The van der Waals surface area contributed by atoms with Crippen LogP contribution in [0.1, 0.15) is 32.3 Å². The molecule has 0 bridgehead atoms. The molecule has 0 saturated heterocycles. The Morgan fingerprint density at radius 2 is 2.11 bits per heavy atom. The Kier molecular flexibility index (Phi) is 7.64. The number of hydrogen-bond acceptors (Lipinski definition) is 2. The summed E-state index contributed by atoms with van der Waals surface area (Å²) >= 11 is 3.43. The van der Waals surface area contributed by atoms with Crippen LogP contribution in [-0.2, 0) is 11.3 Å². The number of nitrogens with zero attached hydrogens (tertiary/aromatic N) is 1. The molecule has 1 atom stereocenters. The smallest absolute Gasteiger partial charge is 0.242 e. The lowest BCUT2D eigenvalue weighted by atomic mass is 9.96. The number of carbonyl (C=O) groups excluding carboxylic acids is 1. The quantitative estimate of drug-likeness (QED) is 0.886. The maximum absolute atomic E-state index is 12.2. The van der Waals surface area contributed by atoms with E-state index < -0.39 is 5.54 Å². The minimum Gasteiger partial charge on any atom is -0.340 e. The molecule has 0 heterocycles. The molecule has 1 aromatic rings. The van der Waals surface area contributed by atoms with Gasteiger partial charge < -0.3 is 10.6 Å². The molecule has 1 aromatic carbocycles. The molecule has 0 aliphatic heterocycles. The van der Waals surface area contributed by atoms with Crippen molar-refractivity contribution in [1.82, 2.24) is 4.90 Å². The van der Waals surface area contributed by atoms with E-state index in [1.54, 1.807) is 18.9 Å². The predicted octanol–water partition coefficient (Wildman–Crippen LogP) is 3.35. The Morgan fingerprint density at radius 3 is 2.63 bits per heavy atom. The van der Waals surface area contributed by atoms with Gasteiger partial charge in [0.05, 0.1) is 5.54 Å². The molecule has 0 radical (unpaired) electrons. The van der Waals surface area contributed by atoms with E-state index in [0.717, 1.165) is 16.5 Å². The average molecular weight is 350 g/mol. The van der Waals surface area contributed by atoms with Gasteiger partial charge >= 0.3 is 0 Å². The summed E-state index contributed by atoms with van der Waals surface area (Å²) in [5, 5.41) is 0. The molecule has 1 amide bonds. The molecule has 0 spiro atoms. The summed E-state index contributed by atoms with van der Waals surface area (Å²) in [6, 6.07) is 7.94. The maximum Gasteiger partial charge on any atom is 0.242 e. The van der Waals surface area contributed by atoms with E-state index in [1.807, 2.05) is 31.2 Å². The Bertz CT molecular complexity index is 424. The number of halogens is 2. The van der Waals surface area contributed by atoms with Crippen LogP contribution in [0.5, 0.6) is 0 Å². The zero-order valence-corrected chi connectivity index (χ0v) is 14.1. The lowest BCUT2D eigenvalue weighted by molar-refractivity contribution is -0.135. The molecule has 0 aliphatic rings. The normalized spacial score (nSPS) is 13.3. The lowest BCUT2D eigenvalue weighted by Gasteiger charge is -2.29. The van der Waals surface area contributed by atoms with Gasteiger partial charge in [-0.05, 0) is 31.0 Å². The average Bonchev–Trinajstić information content (AvgIpc) is 2.27. The van der Waals surface area contributed by atoms with E-state index in [1.165, 1.54) is 0 Å². The molecule has 3 nitrogen and oxygen atoms in total. The molecule has 5 heteroatoms. The SMILES string of the molecule is CCCC(C)(N)C(=O)N(C)Cc1cccc(Br)c1.Cl. The Morgan fingerprint density at radius 1 is 1.47 bits per heavy atom. The van der Waals surface area contributed by atoms with Crippen LogP contribution in [0.25, 0.3) is 0 Å². The topological polar surface area (TPSA) is 46.3 Å². The number of carbonyl (C=O) groups is 1. The van der Waals surface area contributed by atoms with Gasteiger partial charge in [-0.3, -0.25) is 4.79 Å². The highest BCUT2D eigenvalue weighted by molar-refractivity contribution is 9.10. The molecule has 19 heavy (non-hydrogen) atoms. The number of hydrogen-bond donors (Lipinski definition) is 1. The minimum atomic E-state index is -0.768. The van der Waals surface area contributed by atoms with Crippen LogP contribution in [0.4, 0.5) is 0 Å². The second-order valence-corrected chi connectivity index (χ2v) is 5.87. The van der Waals surface area contributed by atoms with Crippen LogP contribution in [0.3, 0.4) is 0 Å². The summed E-state index contributed by atoms with van der Waals surface area (Å²) in [6.07, 6.45) is 1.61. The summed E-state index contributed by atoms with van der Waals surface area (Å²) in [5.41, 5.74) is 6.38. The summed E-state index contributed by atoms with van der Waals surface area (Å²) in [6.45, 7) is 4.41. The predicted molar refractivity (Wildman–Crippen MR) is 85.4 cm³/mol. The third-order valence-electron chi connectivity index (χ3n) is 2.91. The van der Waals surface area contributed by atoms with Gasteiger partial charge in [-0.2, -0.15) is 0 Å². The molecule has 0 aromatic heterocycles. The van der Waals surface area contributed by atoms with Crippen molar-refractivity contribution >= 4 is 34.2 Å². The van der Waals surface area contributed by atoms with Crippen LogP contribution in [0.15, 0.2) is 28.7 Å². The number of likely N-dealkylation sites (N-methyl/N-ethyl adjacent to an activating group) is 1. The first-order valence-electron chi connectivity index (χ1n) is 6.15. The first-order chi connectivity index (χ1) is 8.36. The highest BCUT2D eigenvalue weighted by Crippen LogP contribution is 2.16. The third-order valence-corrected chi connectivity index (χ3v) is 3.41. The van der Waals surface area contributed by atoms with Crippen molar-refractivity contribution in [2.45, 2.75) is 38.8 Å². The fourth-order valence-electron chi connectivity index (χ4n) is 2.04. The zero-order valence-electron chi connectivity index (χ0n) is 11.6. The molecule has 2 N–H and O–H groups in total. The van der Waals surface area contributed by atoms with Gasteiger partial charge in [-0.25, -0.2) is 0 Å². The van der Waals surface area contributed by atoms with Crippen molar-refractivity contribution in [1.29, 1.82) is 0 Å². The van der Waals surface area contributed by atoms with E-state index in [2.05, 4.69) is 15.9 Å². The van der Waals surface area contributed by atoms with Gasteiger partial charge in [0, 0.05) is 18.1 Å². The van der Waals surface area contributed by atoms with Gasteiger partial charge in [-0.15, -0.1) is 12.4 Å². The van der Waals surface area contributed by atoms with E-state index in [4.69, 9.17) is 5.73 Å². The molecular formula is C14H22BrClN2O. The lowest BCUT2D eigenvalue weighted by Crippen LogP contribution is -2.51. The minimum absolute atomic E-state index is 0. The first-order valence-corrected chi connectivity index (χ1v) is 6.95. The molecule has 0 saturated carbocycles. The van der Waals surface area contributed by atoms with Crippen LogP contribution in [0, 0.1) is 0 Å². The first kappa shape index (κ1) is 18.4. The van der Waals surface area contributed by atoms with Gasteiger partial charge in [0.1, 0.15) is 0 Å². The maximum atomic E-state index is 12.2. The van der Waals surface area contributed by atoms with Gasteiger partial charge in [0.2, 0.25) is 5.91 Å². The fourth-order valence-corrected chi connectivity index (χ4v) is 2.49. The standard InChI is InChI=1S/C14H21BrN2O.ClH/c1-4-8-14(2,16)13(18)17(3)10-11-6-5-7-12(15)9-11;/h5-7,9H,4,8,10,16H2,1-3H3;1H. The second-order valence-electron chi connectivity index (χ2n) is 4.96. The van der Waals surface area contributed by atoms with Gasteiger partial charge in [0.25, 0.3) is 0 Å². The highest BCUT2D eigenvalue weighted by Gasteiger charge is 2.29. The van der Waals surface area contributed by atoms with E-state index in [9.17, 15) is 4.79 Å². The zero-order chi connectivity index (χ0) is 13.8. The van der Waals surface area contributed by atoms with Crippen molar-refractivity contribution in [3.05, 3.63) is 34.3 Å². The monoisotopic (exact) mass is 348 g/mol. The van der Waals surface area contributed by atoms with Gasteiger partial charge in [-0.1, -0.05) is 41.4 Å². The molecule has 0 aliphatic carbocycles. The molecule has 1 rings (SSSR count). The van der Waals surface area contributed by atoms with Crippen LogP contribution < -0.4 is 5.73 Å². The van der Waals surface area contributed by atoms with Crippen LogP contribution >= 0.6 is 28.3 Å². The number of rotatable bonds is 5. The summed E-state index contributed by atoms with van der Waals surface area (Å²) < 4.78 is 1.02. The van der Waals surface area contributed by atoms with Crippen molar-refractivity contribution in [2.24, 2.45) is 5.73 Å². The Balaban J connectivity index is 0.00000324. The number of amides is 1.